The van der Waals surface area contributed by atoms with Gasteiger partial charge in [-0.3, -0.25) is 10.1 Å². The molecular formula is C20H20N2O5S. The van der Waals surface area contributed by atoms with Gasteiger partial charge in [-0.05, 0) is 43.7 Å². The molecule has 0 spiro atoms. The van der Waals surface area contributed by atoms with Crippen LogP contribution in [0.2, 0.25) is 0 Å². The zero-order valence-electron chi connectivity index (χ0n) is 15.7. The molecule has 0 bridgehead atoms. The molecule has 8 heteroatoms. The Kier molecular flexibility index (Phi) is 7.11. The van der Waals surface area contributed by atoms with Gasteiger partial charge in [-0.25, -0.2) is 4.79 Å². The van der Waals surface area contributed by atoms with Gasteiger partial charge < -0.3 is 14.8 Å². The van der Waals surface area contributed by atoms with Crippen molar-refractivity contribution >= 4 is 33.7 Å². The number of rotatable bonds is 8. The van der Waals surface area contributed by atoms with E-state index in [1.807, 2.05) is 26.0 Å². The van der Waals surface area contributed by atoms with Crippen molar-refractivity contribution in [2.24, 2.45) is 0 Å². The van der Waals surface area contributed by atoms with Crippen molar-refractivity contribution < 1.29 is 19.2 Å². The van der Waals surface area contributed by atoms with E-state index in [-0.39, 0.29) is 15.6 Å². The number of methoxy groups -OCH3 is 1. The molecule has 1 N–H and O–H groups in total. The van der Waals surface area contributed by atoms with Crippen molar-refractivity contribution in [2.75, 3.05) is 12.4 Å². The van der Waals surface area contributed by atoms with Crippen LogP contribution in [0.4, 0.5) is 16.4 Å². The lowest BCUT2D eigenvalue weighted by atomic mass is 10.2. The SMILES string of the molecule is C=C/C=C(\C=C/C)Oc1cc(Nc2cc(C(=O)OC)sc2[N+](=O)[O-])ccc1C. The van der Waals surface area contributed by atoms with Crippen LogP contribution in [-0.2, 0) is 4.74 Å². The van der Waals surface area contributed by atoms with Gasteiger partial charge in [-0.15, -0.1) is 0 Å². The van der Waals surface area contributed by atoms with Crippen LogP contribution in [0.3, 0.4) is 0 Å². The van der Waals surface area contributed by atoms with Crippen molar-refractivity contribution in [3.05, 3.63) is 81.5 Å². The van der Waals surface area contributed by atoms with Gasteiger partial charge in [0.2, 0.25) is 0 Å². The average molecular weight is 400 g/mol. The number of hydrogen-bond donors (Lipinski definition) is 1. The molecule has 0 aliphatic carbocycles. The van der Waals surface area contributed by atoms with Crippen LogP contribution < -0.4 is 10.1 Å². The molecule has 0 saturated carbocycles. The number of thiophene rings is 1. The van der Waals surface area contributed by atoms with Crippen LogP contribution in [0.25, 0.3) is 0 Å². The van der Waals surface area contributed by atoms with E-state index in [9.17, 15) is 14.9 Å². The molecule has 146 valence electrons. The minimum Gasteiger partial charge on any atom is -0.465 e. The maximum atomic E-state index is 11.7. The summed E-state index contributed by atoms with van der Waals surface area (Å²) in [4.78, 5) is 22.6. The third-order valence-corrected chi connectivity index (χ3v) is 4.64. The third-order valence-electron chi connectivity index (χ3n) is 3.57. The van der Waals surface area contributed by atoms with Crippen LogP contribution in [0.1, 0.15) is 22.2 Å². The maximum absolute atomic E-state index is 11.7. The summed E-state index contributed by atoms with van der Waals surface area (Å²) >= 11 is 0.754. The Hall–Kier alpha value is -3.39. The van der Waals surface area contributed by atoms with E-state index >= 15 is 0 Å². The van der Waals surface area contributed by atoms with Crippen LogP contribution in [0.15, 0.2) is 60.9 Å². The predicted molar refractivity (Wildman–Crippen MR) is 110 cm³/mol. The second-order valence-corrected chi connectivity index (χ2v) is 6.62. The Balaban J connectivity index is 2.36. The molecule has 0 aliphatic heterocycles. The molecular weight excluding hydrogens is 380 g/mol. The number of esters is 1. The highest BCUT2D eigenvalue weighted by Crippen LogP contribution is 2.37. The molecule has 0 aliphatic rings. The van der Waals surface area contributed by atoms with E-state index in [4.69, 9.17) is 4.74 Å². The molecule has 0 radical (unpaired) electrons. The van der Waals surface area contributed by atoms with E-state index < -0.39 is 10.9 Å². The number of nitrogens with one attached hydrogen (secondary N) is 1. The highest BCUT2D eigenvalue weighted by atomic mass is 32.1. The van der Waals surface area contributed by atoms with Gasteiger partial charge >= 0.3 is 11.0 Å². The lowest BCUT2D eigenvalue weighted by Gasteiger charge is -2.12. The van der Waals surface area contributed by atoms with E-state index in [1.54, 1.807) is 30.4 Å². The number of carbonyl (C=O) groups excluding carboxylic acids is 1. The Morgan fingerprint density at radius 2 is 2.11 bits per heavy atom. The number of hydrogen-bond acceptors (Lipinski definition) is 7. The van der Waals surface area contributed by atoms with Crippen molar-refractivity contribution in [1.82, 2.24) is 0 Å². The molecule has 0 amide bonds. The lowest BCUT2D eigenvalue weighted by molar-refractivity contribution is -0.379. The number of carbonyl (C=O) groups is 1. The quantitative estimate of drug-likeness (QED) is 0.206. The second-order valence-electron chi connectivity index (χ2n) is 5.59. The van der Waals surface area contributed by atoms with Crippen molar-refractivity contribution in [3.63, 3.8) is 0 Å². The Bertz CT molecular complexity index is 960. The van der Waals surface area contributed by atoms with Crippen LogP contribution in [0.5, 0.6) is 5.75 Å². The molecule has 1 aromatic carbocycles. The van der Waals surface area contributed by atoms with Crippen LogP contribution in [-0.4, -0.2) is 18.0 Å². The first-order valence-corrected chi connectivity index (χ1v) is 9.08. The number of allylic oxidation sites excluding steroid dienone is 4. The molecule has 0 saturated heterocycles. The summed E-state index contributed by atoms with van der Waals surface area (Å²) in [6, 6.07) is 6.74. The summed E-state index contributed by atoms with van der Waals surface area (Å²) in [5, 5.41) is 14.1. The topological polar surface area (TPSA) is 90.7 Å². The standard InChI is InChI=1S/C20H20N2O5S/c1-5-7-15(8-6-2)27-17-11-14(10-9-13(17)3)21-16-12-18(20(23)26-4)28-19(16)22(24)25/h5-12,21H,1H2,2-4H3/b8-6-,15-7+. The third kappa shape index (κ3) is 5.08. The average Bonchev–Trinajstić information content (AvgIpc) is 3.08. The maximum Gasteiger partial charge on any atom is 0.348 e. The van der Waals surface area contributed by atoms with Crippen molar-refractivity contribution in [3.8, 4) is 5.75 Å². The highest BCUT2D eigenvalue weighted by molar-refractivity contribution is 7.17. The molecule has 2 aromatic rings. The summed E-state index contributed by atoms with van der Waals surface area (Å²) in [7, 11) is 1.23. The first-order chi connectivity index (χ1) is 13.4. The van der Waals surface area contributed by atoms with E-state index in [0.717, 1.165) is 16.9 Å². The number of anilines is 2. The van der Waals surface area contributed by atoms with Gasteiger partial charge in [0, 0.05) is 11.8 Å². The van der Waals surface area contributed by atoms with E-state index in [2.05, 4.69) is 16.6 Å². The zero-order valence-corrected chi connectivity index (χ0v) is 16.5. The van der Waals surface area contributed by atoms with Gasteiger partial charge in [-0.1, -0.05) is 36.1 Å². The fourth-order valence-electron chi connectivity index (χ4n) is 2.28. The Labute approximate surface area is 166 Å². The summed E-state index contributed by atoms with van der Waals surface area (Å²) in [5.41, 5.74) is 1.68. The molecule has 0 fully saturated rings. The summed E-state index contributed by atoms with van der Waals surface area (Å²) in [6.45, 7) is 7.43. The van der Waals surface area contributed by atoms with Gasteiger partial charge in [0.15, 0.2) is 0 Å². The second kappa shape index (κ2) is 9.52. The van der Waals surface area contributed by atoms with E-state index in [1.165, 1.54) is 13.2 Å². The molecule has 1 aromatic heterocycles. The van der Waals surface area contributed by atoms with Crippen LogP contribution in [0, 0.1) is 17.0 Å². The monoisotopic (exact) mass is 400 g/mol. The molecule has 2 rings (SSSR count). The smallest absolute Gasteiger partial charge is 0.348 e. The lowest BCUT2D eigenvalue weighted by Crippen LogP contribution is -1.98. The van der Waals surface area contributed by atoms with Gasteiger partial charge in [0.25, 0.3) is 0 Å². The Morgan fingerprint density at radius 3 is 2.71 bits per heavy atom. The molecule has 0 atom stereocenters. The fourth-order valence-corrected chi connectivity index (χ4v) is 3.13. The predicted octanol–water partition coefficient (Wildman–Crippen LogP) is 5.52. The first kappa shape index (κ1) is 20.9. The number of nitrogens with zero attached hydrogens (tertiary/aromatic N) is 1. The normalized spacial score (nSPS) is 11.3. The van der Waals surface area contributed by atoms with Crippen molar-refractivity contribution in [2.45, 2.75) is 13.8 Å². The highest BCUT2D eigenvalue weighted by Gasteiger charge is 2.23. The molecule has 7 nitrogen and oxygen atoms in total. The van der Waals surface area contributed by atoms with Gasteiger partial charge in [0.05, 0.1) is 12.0 Å². The van der Waals surface area contributed by atoms with Gasteiger partial charge in [0.1, 0.15) is 22.1 Å². The molecule has 28 heavy (non-hydrogen) atoms. The zero-order chi connectivity index (χ0) is 20.7. The number of benzene rings is 1. The number of aryl methyl sites for hydroxylation is 1. The largest absolute Gasteiger partial charge is 0.465 e. The Morgan fingerprint density at radius 1 is 1.36 bits per heavy atom. The van der Waals surface area contributed by atoms with Crippen LogP contribution >= 0.6 is 11.3 Å². The number of ether oxygens (including phenoxy) is 2. The van der Waals surface area contributed by atoms with Gasteiger partial charge in [-0.2, -0.15) is 0 Å². The summed E-state index contributed by atoms with van der Waals surface area (Å²) in [5.74, 6) is 0.564. The summed E-state index contributed by atoms with van der Waals surface area (Å²) in [6.07, 6.45) is 6.99. The fraction of sp³-hybridized carbons (Fsp3) is 0.150. The first-order valence-electron chi connectivity index (χ1n) is 8.27. The van der Waals surface area contributed by atoms with Crippen molar-refractivity contribution in [1.29, 1.82) is 0 Å². The minimum atomic E-state index is -0.625. The minimum absolute atomic E-state index is 0.143. The number of nitro groups is 1. The molecule has 0 unspecified atom stereocenters. The van der Waals surface area contributed by atoms with E-state index in [0.29, 0.717) is 17.2 Å². The summed E-state index contributed by atoms with van der Waals surface area (Å²) < 4.78 is 10.5. The molecule has 1 heterocycles.